The SMILES string of the molecule is CC(=O)c1sc(C2(c3ccc(C(=O)O)cc3)CCOCC2)nc1C. The van der Waals surface area contributed by atoms with Gasteiger partial charge in [0.2, 0.25) is 0 Å². The van der Waals surface area contributed by atoms with Crippen LogP contribution in [0.3, 0.4) is 0 Å². The second-order valence-corrected chi connectivity index (χ2v) is 7.07. The number of aromatic carboxylic acids is 1. The van der Waals surface area contributed by atoms with Gasteiger partial charge in [0.05, 0.1) is 21.5 Å². The normalized spacial score (nSPS) is 16.8. The molecule has 5 nitrogen and oxygen atoms in total. The maximum Gasteiger partial charge on any atom is 0.335 e. The van der Waals surface area contributed by atoms with Gasteiger partial charge in [-0.1, -0.05) is 12.1 Å². The van der Waals surface area contributed by atoms with Crippen molar-refractivity contribution < 1.29 is 19.4 Å². The second-order valence-electron chi connectivity index (χ2n) is 6.07. The van der Waals surface area contributed by atoms with Crippen LogP contribution in [0.5, 0.6) is 0 Å². The van der Waals surface area contributed by atoms with Gasteiger partial charge in [-0.2, -0.15) is 0 Å². The van der Waals surface area contributed by atoms with Crippen LogP contribution in [0.4, 0.5) is 0 Å². The van der Waals surface area contributed by atoms with Crippen molar-refractivity contribution in [1.82, 2.24) is 4.98 Å². The van der Waals surface area contributed by atoms with Crippen molar-refractivity contribution in [2.75, 3.05) is 13.2 Å². The van der Waals surface area contributed by atoms with E-state index in [0.717, 1.165) is 29.1 Å². The largest absolute Gasteiger partial charge is 0.478 e. The number of nitrogens with zero attached hydrogens (tertiary/aromatic N) is 1. The molecule has 0 saturated carbocycles. The van der Waals surface area contributed by atoms with Gasteiger partial charge in [0.25, 0.3) is 0 Å². The number of carboxylic acids is 1. The number of ketones is 1. The summed E-state index contributed by atoms with van der Waals surface area (Å²) in [5.74, 6) is -0.911. The Morgan fingerprint density at radius 1 is 1.21 bits per heavy atom. The molecule has 1 aliphatic rings. The van der Waals surface area contributed by atoms with E-state index in [4.69, 9.17) is 9.84 Å². The third-order valence-electron chi connectivity index (χ3n) is 4.56. The lowest BCUT2D eigenvalue weighted by Gasteiger charge is -2.36. The van der Waals surface area contributed by atoms with E-state index in [1.54, 1.807) is 19.1 Å². The van der Waals surface area contributed by atoms with Crippen LogP contribution in [0.25, 0.3) is 0 Å². The van der Waals surface area contributed by atoms with E-state index in [-0.39, 0.29) is 16.8 Å². The molecule has 24 heavy (non-hydrogen) atoms. The van der Waals surface area contributed by atoms with E-state index in [9.17, 15) is 9.59 Å². The lowest BCUT2D eigenvalue weighted by molar-refractivity contribution is 0.0628. The maximum absolute atomic E-state index is 11.8. The average Bonchev–Trinajstić information content (AvgIpc) is 2.98. The number of thiazole rings is 1. The quantitative estimate of drug-likeness (QED) is 0.859. The van der Waals surface area contributed by atoms with Gasteiger partial charge >= 0.3 is 5.97 Å². The maximum atomic E-state index is 11.8. The zero-order chi connectivity index (χ0) is 17.3. The van der Waals surface area contributed by atoms with Crippen molar-refractivity contribution >= 4 is 23.1 Å². The van der Waals surface area contributed by atoms with Crippen molar-refractivity contribution in [3.05, 3.63) is 51.0 Å². The van der Waals surface area contributed by atoms with Crippen LogP contribution >= 0.6 is 11.3 Å². The number of ether oxygens (including phenoxy) is 1. The number of aryl methyl sites for hydroxylation is 1. The Morgan fingerprint density at radius 2 is 1.83 bits per heavy atom. The first-order chi connectivity index (χ1) is 11.4. The molecule has 1 saturated heterocycles. The third kappa shape index (κ3) is 2.87. The molecule has 1 fully saturated rings. The Morgan fingerprint density at radius 3 is 2.33 bits per heavy atom. The Labute approximate surface area is 144 Å². The van der Waals surface area contributed by atoms with Crippen LogP contribution in [-0.2, 0) is 10.2 Å². The molecule has 0 bridgehead atoms. The summed E-state index contributed by atoms with van der Waals surface area (Å²) >= 11 is 1.45. The summed E-state index contributed by atoms with van der Waals surface area (Å²) in [5.41, 5.74) is 1.73. The first-order valence-corrected chi connectivity index (χ1v) is 8.66. The van der Waals surface area contributed by atoms with Gasteiger partial charge in [-0.15, -0.1) is 11.3 Å². The van der Waals surface area contributed by atoms with Crippen molar-refractivity contribution in [2.45, 2.75) is 32.1 Å². The fraction of sp³-hybridized carbons (Fsp3) is 0.389. The van der Waals surface area contributed by atoms with Crippen molar-refractivity contribution in [3.8, 4) is 0 Å². The average molecular weight is 345 g/mol. The predicted molar refractivity (Wildman–Crippen MR) is 91.1 cm³/mol. The Balaban J connectivity index is 2.09. The van der Waals surface area contributed by atoms with Crippen LogP contribution in [0, 0.1) is 6.92 Å². The molecule has 1 aromatic carbocycles. The van der Waals surface area contributed by atoms with Crippen LogP contribution in [-0.4, -0.2) is 35.1 Å². The van der Waals surface area contributed by atoms with Crippen LogP contribution < -0.4 is 0 Å². The topological polar surface area (TPSA) is 76.5 Å². The summed E-state index contributed by atoms with van der Waals surface area (Å²) in [6.07, 6.45) is 1.54. The molecule has 0 unspecified atom stereocenters. The fourth-order valence-corrected chi connectivity index (χ4v) is 4.44. The number of rotatable bonds is 4. The highest BCUT2D eigenvalue weighted by Gasteiger charge is 2.39. The fourth-order valence-electron chi connectivity index (χ4n) is 3.21. The smallest absolute Gasteiger partial charge is 0.335 e. The summed E-state index contributed by atoms with van der Waals surface area (Å²) in [7, 11) is 0. The minimum absolute atomic E-state index is 0.0275. The van der Waals surface area contributed by atoms with Gasteiger partial charge in [0.15, 0.2) is 5.78 Å². The highest BCUT2D eigenvalue weighted by molar-refractivity contribution is 7.14. The van der Waals surface area contributed by atoms with E-state index < -0.39 is 5.97 Å². The predicted octanol–water partition coefficient (Wildman–Crippen LogP) is 3.45. The van der Waals surface area contributed by atoms with Gasteiger partial charge < -0.3 is 9.84 Å². The molecule has 0 amide bonds. The van der Waals surface area contributed by atoms with E-state index in [0.29, 0.717) is 18.1 Å². The minimum Gasteiger partial charge on any atom is -0.478 e. The molecule has 1 N–H and O–H groups in total. The molecular formula is C18H19NO4S. The summed E-state index contributed by atoms with van der Waals surface area (Å²) in [4.78, 5) is 28.3. The van der Waals surface area contributed by atoms with Gasteiger partial charge in [0.1, 0.15) is 5.01 Å². The summed E-state index contributed by atoms with van der Waals surface area (Å²) in [6, 6.07) is 6.97. The highest BCUT2D eigenvalue weighted by atomic mass is 32.1. The lowest BCUT2D eigenvalue weighted by Crippen LogP contribution is -2.35. The van der Waals surface area contributed by atoms with Gasteiger partial charge in [-0.3, -0.25) is 4.79 Å². The molecule has 3 rings (SSSR count). The van der Waals surface area contributed by atoms with Crippen molar-refractivity contribution in [1.29, 1.82) is 0 Å². The Hall–Kier alpha value is -2.05. The van der Waals surface area contributed by atoms with Gasteiger partial charge in [-0.05, 0) is 37.5 Å². The first kappa shape index (κ1) is 16.8. The summed E-state index contributed by atoms with van der Waals surface area (Å²) < 4.78 is 5.53. The monoisotopic (exact) mass is 345 g/mol. The number of Topliss-reactive ketones (excluding diaryl/α,β-unsaturated/α-hetero) is 1. The Kier molecular flexibility index (Phi) is 4.51. The van der Waals surface area contributed by atoms with Crippen LogP contribution in [0.2, 0.25) is 0 Å². The molecule has 6 heteroatoms. The molecule has 0 aliphatic carbocycles. The Bertz CT molecular complexity index is 773. The molecule has 2 aromatic rings. The zero-order valence-electron chi connectivity index (χ0n) is 13.7. The number of benzene rings is 1. The molecule has 1 aromatic heterocycles. The van der Waals surface area contributed by atoms with Crippen LogP contribution in [0.15, 0.2) is 24.3 Å². The minimum atomic E-state index is -0.938. The first-order valence-electron chi connectivity index (χ1n) is 7.84. The summed E-state index contributed by atoms with van der Waals surface area (Å²) in [5, 5.41) is 10.0. The molecule has 126 valence electrons. The van der Waals surface area contributed by atoms with E-state index in [1.165, 1.54) is 11.3 Å². The number of aromatic nitrogens is 1. The van der Waals surface area contributed by atoms with E-state index in [1.807, 2.05) is 19.1 Å². The molecule has 0 spiro atoms. The van der Waals surface area contributed by atoms with Crippen LogP contribution in [0.1, 0.15) is 56.1 Å². The number of carbonyl (C=O) groups excluding carboxylic acids is 1. The molecular weight excluding hydrogens is 326 g/mol. The highest BCUT2D eigenvalue weighted by Crippen LogP contribution is 2.43. The number of hydrogen-bond acceptors (Lipinski definition) is 5. The molecule has 1 aliphatic heterocycles. The number of carboxylic acid groups (broad SMARTS) is 1. The number of hydrogen-bond donors (Lipinski definition) is 1. The van der Waals surface area contributed by atoms with Crippen molar-refractivity contribution in [3.63, 3.8) is 0 Å². The molecule has 2 heterocycles. The van der Waals surface area contributed by atoms with Gasteiger partial charge in [-0.25, -0.2) is 9.78 Å². The number of carbonyl (C=O) groups is 2. The lowest BCUT2D eigenvalue weighted by atomic mass is 9.74. The second kappa shape index (κ2) is 6.45. The third-order valence-corrected chi connectivity index (χ3v) is 6.02. The summed E-state index contributed by atoms with van der Waals surface area (Å²) in [6.45, 7) is 4.66. The van der Waals surface area contributed by atoms with E-state index in [2.05, 4.69) is 4.98 Å². The zero-order valence-corrected chi connectivity index (χ0v) is 14.5. The van der Waals surface area contributed by atoms with Gasteiger partial charge in [0, 0.05) is 20.1 Å². The standard InChI is InChI=1S/C18H19NO4S/c1-11-15(12(2)20)24-17(19-11)18(7-9-23-10-8-18)14-5-3-13(4-6-14)16(21)22/h3-6H,7-10H2,1-2H3,(H,21,22). The van der Waals surface area contributed by atoms with E-state index >= 15 is 0 Å². The molecule has 0 atom stereocenters. The van der Waals surface area contributed by atoms with Crippen molar-refractivity contribution in [2.24, 2.45) is 0 Å². The molecule has 0 radical (unpaired) electrons.